The molecule has 0 saturated carbocycles. The van der Waals surface area contributed by atoms with Gasteiger partial charge in [-0.15, -0.1) is 0 Å². The predicted molar refractivity (Wildman–Crippen MR) is 186 cm³/mol. The summed E-state index contributed by atoms with van der Waals surface area (Å²) in [6.45, 7) is 1.95. The number of urea groups is 1. The van der Waals surface area contributed by atoms with Gasteiger partial charge in [0.2, 0.25) is 11.8 Å². The Morgan fingerprint density at radius 2 is 1.06 bits per heavy atom. The maximum absolute atomic E-state index is 12.8. The van der Waals surface area contributed by atoms with Crippen LogP contribution >= 0.6 is 0 Å². The summed E-state index contributed by atoms with van der Waals surface area (Å²) in [7, 11) is 0. The van der Waals surface area contributed by atoms with Crippen LogP contribution in [0.25, 0.3) is 0 Å². The number of carboxylic acids is 3. The van der Waals surface area contributed by atoms with Crippen molar-refractivity contribution in [1.29, 1.82) is 0 Å². The van der Waals surface area contributed by atoms with Crippen molar-refractivity contribution in [3.63, 3.8) is 0 Å². The molecular weight excluding hydrogens is 686 g/mol. The molecule has 52 heavy (non-hydrogen) atoms. The van der Waals surface area contributed by atoms with Crippen molar-refractivity contribution < 1.29 is 53.6 Å². The van der Waals surface area contributed by atoms with Crippen LogP contribution in [0.4, 0.5) is 15.3 Å². The van der Waals surface area contributed by atoms with Gasteiger partial charge in [0.1, 0.15) is 6.61 Å². The Morgan fingerprint density at radius 3 is 1.52 bits per heavy atom. The molecule has 1 aliphatic rings. The van der Waals surface area contributed by atoms with E-state index in [0.717, 1.165) is 0 Å². The highest BCUT2D eigenvalue weighted by Crippen LogP contribution is 2.11. The lowest BCUT2D eigenvalue weighted by Crippen LogP contribution is -2.50. The fourth-order valence-electron chi connectivity index (χ4n) is 5.14. The Hall–Kier alpha value is -5.05. The molecule has 20 nitrogen and oxygen atoms in total. The molecule has 5 amide bonds. The van der Waals surface area contributed by atoms with E-state index in [1.165, 1.54) is 0 Å². The van der Waals surface area contributed by atoms with E-state index in [2.05, 4.69) is 21.3 Å². The lowest BCUT2D eigenvalue weighted by Gasteiger charge is -2.32. The SMILES string of the molecule is NC(=O)NCCCCC(=O)Nc1ccc(COC(=O)NCCNC(=O)CN2CCN(CC(=O)O)CCN(CC(=O)O)CCN(CC(=O)O)CC2)cc1. The molecule has 9 N–H and O–H groups in total. The van der Waals surface area contributed by atoms with Gasteiger partial charge in [-0.05, 0) is 30.5 Å². The number of carbonyl (C=O) groups excluding carboxylic acids is 4. The molecule has 0 bridgehead atoms. The molecule has 0 atom stereocenters. The zero-order valence-electron chi connectivity index (χ0n) is 29.2. The molecule has 1 aromatic carbocycles. The molecule has 20 heteroatoms. The molecule has 290 valence electrons. The summed E-state index contributed by atoms with van der Waals surface area (Å²) in [5.41, 5.74) is 6.26. The average Bonchev–Trinajstić information content (AvgIpc) is 3.06. The van der Waals surface area contributed by atoms with Crippen LogP contribution in [0.3, 0.4) is 0 Å². The number of rotatable bonds is 19. The first kappa shape index (κ1) is 43.1. The van der Waals surface area contributed by atoms with Gasteiger partial charge in [-0.3, -0.25) is 43.6 Å². The Labute approximate surface area is 301 Å². The number of primary amides is 1. The van der Waals surface area contributed by atoms with Crippen LogP contribution in [0.15, 0.2) is 24.3 Å². The molecule has 0 spiro atoms. The van der Waals surface area contributed by atoms with E-state index in [4.69, 9.17) is 10.5 Å². The largest absolute Gasteiger partial charge is 0.480 e. The number of nitrogens with two attached hydrogens (primary N) is 1. The number of benzene rings is 1. The molecule has 1 saturated heterocycles. The minimum atomic E-state index is -1.04. The summed E-state index contributed by atoms with van der Waals surface area (Å²) in [5.74, 6) is -3.65. The van der Waals surface area contributed by atoms with E-state index < -0.39 is 30.0 Å². The van der Waals surface area contributed by atoms with Crippen molar-refractivity contribution >= 4 is 47.5 Å². The number of unbranched alkanes of at least 4 members (excludes halogenated alkanes) is 1. The molecular formula is C32H51N9O11. The zero-order chi connectivity index (χ0) is 38.3. The van der Waals surface area contributed by atoms with Crippen LogP contribution in [0.5, 0.6) is 0 Å². The second-order valence-electron chi connectivity index (χ2n) is 12.1. The third kappa shape index (κ3) is 20.6. The van der Waals surface area contributed by atoms with E-state index in [-0.39, 0.29) is 103 Å². The number of nitrogens with zero attached hydrogens (tertiary/aromatic N) is 4. The van der Waals surface area contributed by atoms with Gasteiger partial charge in [-0.2, -0.15) is 0 Å². The summed E-state index contributed by atoms with van der Waals surface area (Å²) in [5, 5.41) is 38.5. The highest BCUT2D eigenvalue weighted by Gasteiger charge is 2.21. The molecule has 0 unspecified atom stereocenters. The number of aliphatic carboxylic acids is 3. The van der Waals surface area contributed by atoms with E-state index >= 15 is 0 Å². The van der Waals surface area contributed by atoms with Crippen molar-refractivity contribution in [3.8, 4) is 0 Å². The van der Waals surface area contributed by atoms with Gasteiger partial charge in [0.15, 0.2) is 0 Å². The number of nitrogens with one attached hydrogen (secondary N) is 4. The van der Waals surface area contributed by atoms with Gasteiger partial charge in [-0.25, -0.2) is 9.59 Å². The summed E-state index contributed by atoms with van der Waals surface area (Å²) < 4.78 is 5.22. The van der Waals surface area contributed by atoms with Crippen LogP contribution in [-0.4, -0.2) is 175 Å². The first-order valence-corrected chi connectivity index (χ1v) is 16.9. The summed E-state index contributed by atoms with van der Waals surface area (Å²) >= 11 is 0. The zero-order valence-corrected chi connectivity index (χ0v) is 29.2. The first-order valence-electron chi connectivity index (χ1n) is 16.9. The monoisotopic (exact) mass is 737 g/mol. The third-order valence-corrected chi connectivity index (χ3v) is 7.83. The molecule has 1 fully saturated rings. The van der Waals surface area contributed by atoms with Crippen molar-refractivity contribution in [2.75, 3.05) is 103 Å². The standard InChI is InChI=1S/C32H51N9O11/c33-31(50)35-8-2-1-3-26(42)37-25-6-4-24(5-7-25)23-52-32(51)36-10-9-34-27(43)19-38-11-13-39(20-28(44)45)15-17-41(22-30(48)49)18-16-40(14-12-38)21-29(46)47/h4-7H,1-3,8-23H2,(H,34,43)(H,36,51)(H,37,42)(H,44,45)(H,46,47)(H,48,49)(H3,33,35,50). The number of hydrogen-bond acceptors (Lipinski definition) is 12. The smallest absolute Gasteiger partial charge is 0.407 e. The highest BCUT2D eigenvalue weighted by atomic mass is 16.5. The summed E-state index contributed by atoms with van der Waals surface area (Å²) in [6.07, 6.45) is 0.785. The molecule has 2 rings (SSSR count). The normalized spacial score (nSPS) is 15.3. The second-order valence-corrected chi connectivity index (χ2v) is 12.1. The Balaban J connectivity index is 1.77. The summed E-state index contributed by atoms with van der Waals surface area (Å²) in [4.78, 5) is 88.7. The van der Waals surface area contributed by atoms with Gasteiger partial charge in [-0.1, -0.05) is 12.1 Å². The highest BCUT2D eigenvalue weighted by molar-refractivity contribution is 5.90. The number of anilines is 1. The van der Waals surface area contributed by atoms with Gasteiger partial charge < -0.3 is 47.1 Å². The number of ether oxygens (including phenoxy) is 1. The lowest BCUT2D eigenvalue weighted by molar-refractivity contribution is -0.140. The first-order chi connectivity index (χ1) is 24.8. The van der Waals surface area contributed by atoms with Crippen molar-refractivity contribution in [2.45, 2.75) is 25.9 Å². The topological polar surface area (TPSA) is 277 Å². The molecule has 1 aliphatic heterocycles. The molecule has 1 heterocycles. The predicted octanol–water partition coefficient (Wildman–Crippen LogP) is -1.72. The number of carboxylic acid groups (broad SMARTS) is 3. The van der Waals surface area contributed by atoms with Crippen LogP contribution in [0.1, 0.15) is 24.8 Å². The summed E-state index contributed by atoms with van der Waals surface area (Å²) in [6, 6.07) is 6.16. The minimum Gasteiger partial charge on any atom is -0.480 e. The average molecular weight is 738 g/mol. The van der Waals surface area contributed by atoms with E-state index in [9.17, 15) is 48.9 Å². The van der Waals surface area contributed by atoms with Gasteiger partial charge in [0.05, 0.1) is 26.2 Å². The quantitative estimate of drug-likeness (QED) is 0.0734. The van der Waals surface area contributed by atoms with Crippen LogP contribution in [0, 0.1) is 0 Å². The molecule has 1 aromatic rings. The molecule has 0 aliphatic carbocycles. The molecule has 0 aromatic heterocycles. The second kappa shape index (κ2) is 24.2. The number of hydrogen-bond donors (Lipinski definition) is 8. The van der Waals surface area contributed by atoms with Gasteiger partial charge >= 0.3 is 30.0 Å². The number of alkyl carbamates (subject to hydrolysis) is 1. The van der Waals surface area contributed by atoms with Gasteiger partial charge in [0.25, 0.3) is 0 Å². The Bertz CT molecular complexity index is 1300. The van der Waals surface area contributed by atoms with Crippen molar-refractivity contribution in [2.24, 2.45) is 5.73 Å². The van der Waals surface area contributed by atoms with Crippen LogP contribution in [-0.2, 0) is 35.3 Å². The number of carbonyl (C=O) groups is 7. The van der Waals surface area contributed by atoms with E-state index in [0.29, 0.717) is 43.7 Å². The van der Waals surface area contributed by atoms with Crippen LogP contribution < -0.4 is 27.0 Å². The molecule has 0 radical (unpaired) electrons. The third-order valence-electron chi connectivity index (χ3n) is 7.83. The Morgan fingerprint density at radius 1 is 0.596 bits per heavy atom. The minimum absolute atomic E-state index is 0.0242. The fourth-order valence-corrected chi connectivity index (χ4v) is 5.14. The maximum Gasteiger partial charge on any atom is 0.407 e. The van der Waals surface area contributed by atoms with Gasteiger partial charge in [0, 0.05) is 84.1 Å². The Kier molecular flexibility index (Phi) is 20.1. The van der Waals surface area contributed by atoms with Crippen LogP contribution in [0.2, 0.25) is 0 Å². The van der Waals surface area contributed by atoms with Crippen molar-refractivity contribution in [1.82, 2.24) is 35.6 Å². The van der Waals surface area contributed by atoms with E-state index in [1.807, 2.05) is 0 Å². The van der Waals surface area contributed by atoms with Crippen molar-refractivity contribution in [3.05, 3.63) is 29.8 Å². The van der Waals surface area contributed by atoms with E-state index in [1.54, 1.807) is 43.9 Å². The maximum atomic E-state index is 12.8. The fraction of sp³-hybridized carbons (Fsp3) is 0.594. The lowest BCUT2D eigenvalue weighted by atomic mass is 10.2. The number of amides is 5.